The number of sulfonamides is 1. The van der Waals surface area contributed by atoms with E-state index in [-0.39, 0.29) is 11.7 Å². The maximum atomic E-state index is 12.5. The number of anilines is 1. The molecule has 9 heteroatoms. The molecular formula is C21H22N4O3S2. The second kappa shape index (κ2) is 8.63. The van der Waals surface area contributed by atoms with Crippen molar-refractivity contribution in [2.45, 2.75) is 25.5 Å². The van der Waals surface area contributed by atoms with Crippen LogP contribution in [-0.4, -0.2) is 41.9 Å². The number of rotatable bonds is 6. The molecule has 1 saturated heterocycles. The molecule has 0 spiro atoms. The zero-order valence-electron chi connectivity index (χ0n) is 16.5. The quantitative estimate of drug-likeness (QED) is 0.629. The van der Waals surface area contributed by atoms with Gasteiger partial charge in [-0.3, -0.25) is 10.1 Å². The highest BCUT2D eigenvalue weighted by molar-refractivity contribution is 7.88. The number of aromatic nitrogens is 2. The Balaban J connectivity index is 1.40. The minimum atomic E-state index is -3.30. The van der Waals surface area contributed by atoms with Crippen LogP contribution < -0.4 is 5.32 Å². The molecule has 0 radical (unpaired) electrons. The van der Waals surface area contributed by atoms with Gasteiger partial charge < -0.3 is 0 Å². The first-order valence-corrected chi connectivity index (χ1v) is 12.1. The van der Waals surface area contributed by atoms with E-state index in [0.717, 1.165) is 29.0 Å². The lowest BCUT2D eigenvalue weighted by molar-refractivity contribution is 0.102. The van der Waals surface area contributed by atoms with Crippen molar-refractivity contribution in [1.29, 1.82) is 0 Å². The monoisotopic (exact) mass is 442 g/mol. The minimum absolute atomic E-state index is 0.0504. The first kappa shape index (κ1) is 20.6. The van der Waals surface area contributed by atoms with E-state index in [4.69, 9.17) is 0 Å². The molecule has 1 aliphatic heterocycles. The Morgan fingerprint density at radius 3 is 2.37 bits per heavy atom. The van der Waals surface area contributed by atoms with Crippen molar-refractivity contribution in [2.24, 2.45) is 0 Å². The average Bonchev–Trinajstić information content (AvgIpc) is 3.41. The van der Waals surface area contributed by atoms with E-state index in [2.05, 4.69) is 15.5 Å². The van der Waals surface area contributed by atoms with E-state index in [9.17, 15) is 13.2 Å². The summed E-state index contributed by atoms with van der Waals surface area (Å²) in [4.78, 5) is 12.5. The normalized spacial score (nSPS) is 14.7. The van der Waals surface area contributed by atoms with Crippen LogP contribution in [0.3, 0.4) is 0 Å². The predicted molar refractivity (Wildman–Crippen MR) is 118 cm³/mol. The summed E-state index contributed by atoms with van der Waals surface area (Å²) in [5.74, 6) is -0.360. The maximum Gasteiger partial charge on any atom is 0.257 e. The van der Waals surface area contributed by atoms with Gasteiger partial charge in [0, 0.05) is 24.2 Å². The molecule has 1 fully saturated rings. The highest BCUT2D eigenvalue weighted by atomic mass is 32.2. The first-order valence-electron chi connectivity index (χ1n) is 9.69. The number of carbonyl (C=O) groups excluding carboxylic acids is 1. The topological polar surface area (TPSA) is 92.3 Å². The van der Waals surface area contributed by atoms with Gasteiger partial charge >= 0.3 is 0 Å². The van der Waals surface area contributed by atoms with Crippen LogP contribution in [0.15, 0.2) is 48.5 Å². The van der Waals surface area contributed by atoms with Gasteiger partial charge in [-0.25, -0.2) is 12.7 Å². The Kier molecular flexibility index (Phi) is 5.94. The number of nitrogens with one attached hydrogen (secondary N) is 1. The molecule has 1 aliphatic rings. The number of hydrogen-bond acceptors (Lipinski definition) is 6. The molecule has 4 rings (SSSR count). The Hall–Kier alpha value is -2.62. The summed E-state index contributed by atoms with van der Waals surface area (Å²) in [6, 6.07) is 14.6. The van der Waals surface area contributed by atoms with Gasteiger partial charge in [0.2, 0.25) is 15.2 Å². The molecule has 0 aliphatic carbocycles. The minimum Gasteiger partial charge on any atom is -0.296 e. The lowest BCUT2D eigenvalue weighted by atomic mass is 10.1. The van der Waals surface area contributed by atoms with Crippen molar-refractivity contribution < 1.29 is 13.2 Å². The molecule has 1 amide bonds. The fourth-order valence-corrected chi connectivity index (χ4v) is 5.63. The molecule has 2 aromatic carbocycles. The molecule has 7 nitrogen and oxygen atoms in total. The second-order valence-electron chi connectivity index (χ2n) is 7.29. The van der Waals surface area contributed by atoms with Crippen molar-refractivity contribution in [3.8, 4) is 10.6 Å². The molecular weight excluding hydrogens is 420 g/mol. The van der Waals surface area contributed by atoms with Gasteiger partial charge in [0.1, 0.15) is 5.01 Å². The number of aryl methyl sites for hydroxylation is 1. The third-order valence-electron chi connectivity index (χ3n) is 4.97. The van der Waals surface area contributed by atoms with E-state index in [1.165, 1.54) is 15.6 Å². The van der Waals surface area contributed by atoms with Gasteiger partial charge in [-0.1, -0.05) is 53.3 Å². The van der Waals surface area contributed by atoms with Crippen molar-refractivity contribution in [2.75, 3.05) is 18.4 Å². The van der Waals surface area contributed by atoms with Crippen LogP contribution in [0, 0.1) is 6.92 Å². The highest BCUT2D eigenvalue weighted by Crippen LogP contribution is 2.27. The highest BCUT2D eigenvalue weighted by Gasteiger charge is 2.25. The summed E-state index contributed by atoms with van der Waals surface area (Å²) in [5, 5.41) is 12.1. The first-order chi connectivity index (χ1) is 14.4. The third-order valence-corrected chi connectivity index (χ3v) is 7.71. The number of benzene rings is 2. The number of hydrogen-bond donors (Lipinski definition) is 1. The van der Waals surface area contributed by atoms with Crippen LogP contribution in [0.4, 0.5) is 5.13 Å². The zero-order chi connectivity index (χ0) is 21.1. The number of amides is 1. The van der Waals surface area contributed by atoms with E-state index in [0.29, 0.717) is 29.3 Å². The van der Waals surface area contributed by atoms with Gasteiger partial charge in [-0.05, 0) is 37.5 Å². The van der Waals surface area contributed by atoms with E-state index >= 15 is 0 Å². The van der Waals surface area contributed by atoms with Gasteiger partial charge in [0.15, 0.2) is 0 Å². The number of nitrogens with zero attached hydrogens (tertiary/aromatic N) is 3. The fourth-order valence-electron chi connectivity index (χ4n) is 3.28. The zero-order valence-corrected chi connectivity index (χ0v) is 18.2. The van der Waals surface area contributed by atoms with Crippen molar-refractivity contribution in [3.05, 3.63) is 65.2 Å². The van der Waals surface area contributed by atoms with E-state index in [1.807, 2.05) is 31.2 Å². The standard InChI is InChI=1S/C21H22N4O3S2/c1-15-4-8-18(9-5-15)20-23-24-21(29-20)22-19(26)17-10-6-16(7-11-17)14-30(27,28)25-12-2-3-13-25/h4-11H,2-3,12-14H2,1H3,(H,22,24,26). The van der Waals surface area contributed by atoms with Gasteiger partial charge in [-0.15, -0.1) is 10.2 Å². The van der Waals surface area contributed by atoms with Gasteiger partial charge in [0.25, 0.3) is 5.91 Å². The lowest BCUT2D eigenvalue weighted by Gasteiger charge is -2.15. The average molecular weight is 443 g/mol. The molecule has 0 atom stereocenters. The summed E-state index contributed by atoms with van der Waals surface area (Å²) in [5.41, 5.74) is 3.20. The van der Waals surface area contributed by atoms with Crippen LogP contribution in [0.1, 0.15) is 34.3 Å². The second-order valence-corrected chi connectivity index (χ2v) is 10.2. The summed E-state index contributed by atoms with van der Waals surface area (Å²) in [6.45, 7) is 3.20. The smallest absolute Gasteiger partial charge is 0.257 e. The Labute approximate surface area is 179 Å². The van der Waals surface area contributed by atoms with Crippen molar-refractivity contribution >= 4 is 32.4 Å². The maximum absolute atomic E-state index is 12.5. The SMILES string of the molecule is Cc1ccc(-c2nnc(NC(=O)c3ccc(CS(=O)(=O)N4CCCC4)cc3)s2)cc1. The molecule has 156 valence electrons. The fraction of sp³-hybridized carbons (Fsp3) is 0.286. The molecule has 0 bridgehead atoms. The molecule has 0 saturated carbocycles. The van der Waals surface area contributed by atoms with E-state index < -0.39 is 10.0 Å². The van der Waals surface area contributed by atoms with Crippen LogP contribution in [0.2, 0.25) is 0 Å². The van der Waals surface area contributed by atoms with Crippen LogP contribution >= 0.6 is 11.3 Å². The van der Waals surface area contributed by atoms with Crippen LogP contribution in [-0.2, 0) is 15.8 Å². The van der Waals surface area contributed by atoms with Crippen LogP contribution in [0.25, 0.3) is 10.6 Å². The Morgan fingerprint density at radius 1 is 1.03 bits per heavy atom. The molecule has 1 N–H and O–H groups in total. The Bertz CT molecular complexity index is 1130. The molecule has 3 aromatic rings. The summed E-state index contributed by atoms with van der Waals surface area (Å²) in [6.07, 6.45) is 1.82. The van der Waals surface area contributed by atoms with Gasteiger partial charge in [0.05, 0.1) is 5.75 Å². The number of carbonyl (C=O) groups is 1. The summed E-state index contributed by atoms with van der Waals surface area (Å²) < 4.78 is 26.4. The molecule has 30 heavy (non-hydrogen) atoms. The lowest BCUT2D eigenvalue weighted by Crippen LogP contribution is -2.29. The Morgan fingerprint density at radius 2 is 1.70 bits per heavy atom. The van der Waals surface area contributed by atoms with Crippen LogP contribution in [0.5, 0.6) is 0 Å². The molecule has 2 heterocycles. The predicted octanol–water partition coefficient (Wildman–Crippen LogP) is 3.69. The summed E-state index contributed by atoms with van der Waals surface area (Å²) >= 11 is 1.30. The summed E-state index contributed by atoms with van der Waals surface area (Å²) in [7, 11) is -3.30. The largest absolute Gasteiger partial charge is 0.296 e. The molecule has 0 unspecified atom stereocenters. The molecule has 1 aromatic heterocycles. The van der Waals surface area contributed by atoms with Crippen molar-refractivity contribution in [3.63, 3.8) is 0 Å². The van der Waals surface area contributed by atoms with Crippen molar-refractivity contribution in [1.82, 2.24) is 14.5 Å². The van der Waals surface area contributed by atoms with E-state index in [1.54, 1.807) is 24.3 Å². The van der Waals surface area contributed by atoms with Gasteiger partial charge in [-0.2, -0.15) is 0 Å². The third kappa shape index (κ3) is 4.75.